The highest BCUT2D eigenvalue weighted by molar-refractivity contribution is 5.30. The van der Waals surface area contributed by atoms with Crippen LogP contribution < -0.4 is 4.90 Å². The van der Waals surface area contributed by atoms with Gasteiger partial charge in [-0.3, -0.25) is 4.90 Å². The maximum atomic E-state index is 4.52. The van der Waals surface area contributed by atoms with Gasteiger partial charge in [-0.25, -0.2) is 9.97 Å². The van der Waals surface area contributed by atoms with Crippen LogP contribution in [0.15, 0.2) is 42.6 Å². The molecule has 3 rings (SSSR count). The quantitative estimate of drug-likeness (QED) is 0.849. The summed E-state index contributed by atoms with van der Waals surface area (Å²) in [6.45, 7) is 7.45. The summed E-state index contributed by atoms with van der Waals surface area (Å²) >= 11 is 0. The number of rotatable bonds is 5. The van der Waals surface area contributed by atoms with Gasteiger partial charge in [-0.2, -0.15) is 0 Å². The predicted octanol–water partition coefficient (Wildman–Crippen LogP) is 2.54. The first-order valence-corrected chi connectivity index (χ1v) is 8.12. The van der Waals surface area contributed by atoms with Gasteiger partial charge in [0.05, 0.1) is 0 Å². The Morgan fingerprint density at radius 2 is 1.77 bits per heavy atom. The van der Waals surface area contributed by atoms with Crippen LogP contribution in [0.4, 0.5) is 5.95 Å². The molecule has 4 heteroatoms. The summed E-state index contributed by atoms with van der Waals surface area (Å²) in [4.78, 5) is 13.7. The maximum absolute atomic E-state index is 4.52. The number of hydrogen-bond donors (Lipinski definition) is 0. The molecule has 2 heterocycles. The molecule has 0 bridgehead atoms. The van der Waals surface area contributed by atoms with Crippen molar-refractivity contribution in [2.75, 3.05) is 37.6 Å². The van der Waals surface area contributed by atoms with Gasteiger partial charge in [0.15, 0.2) is 0 Å². The lowest BCUT2D eigenvalue weighted by Crippen LogP contribution is -2.47. The zero-order valence-corrected chi connectivity index (χ0v) is 13.3. The van der Waals surface area contributed by atoms with Gasteiger partial charge >= 0.3 is 0 Å². The molecule has 0 saturated carbocycles. The van der Waals surface area contributed by atoms with Gasteiger partial charge in [0.2, 0.25) is 5.95 Å². The van der Waals surface area contributed by atoms with Crippen molar-refractivity contribution in [3.63, 3.8) is 0 Å². The summed E-state index contributed by atoms with van der Waals surface area (Å²) in [5.41, 5.74) is 2.48. The number of benzene rings is 1. The molecule has 0 atom stereocenters. The van der Waals surface area contributed by atoms with E-state index in [1.54, 1.807) is 0 Å². The highest BCUT2D eigenvalue weighted by Gasteiger charge is 2.18. The van der Waals surface area contributed by atoms with E-state index < -0.39 is 0 Å². The number of hydrogen-bond acceptors (Lipinski definition) is 4. The third-order valence-electron chi connectivity index (χ3n) is 4.22. The van der Waals surface area contributed by atoms with Gasteiger partial charge in [-0.1, -0.05) is 30.3 Å². The van der Waals surface area contributed by atoms with Gasteiger partial charge in [0.25, 0.3) is 0 Å². The molecule has 1 aromatic carbocycles. The topological polar surface area (TPSA) is 32.3 Å². The largest absolute Gasteiger partial charge is 0.338 e. The highest BCUT2D eigenvalue weighted by Crippen LogP contribution is 2.12. The lowest BCUT2D eigenvalue weighted by molar-refractivity contribution is 0.254. The molecule has 2 aromatic rings. The van der Waals surface area contributed by atoms with Crippen LogP contribution in [-0.2, 0) is 6.42 Å². The van der Waals surface area contributed by atoms with E-state index in [4.69, 9.17) is 0 Å². The predicted molar refractivity (Wildman–Crippen MR) is 90.2 cm³/mol. The fourth-order valence-corrected chi connectivity index (χ4v) is 2.91. The summed E-state index contributed by atoms with van der Waals surface area (Å²) in [5.74, 6) is 0.879. The molecule has 116 valence electrons. The number of anilines is 1. The van der Waals surface area contributed by atoms with Crippen LogP contribution in [0.25, 0.3) is 0 Å². The lowest BCUT2D eigenvalue weighted by Gasteiger charge is -2.34. The van der Waals surface area contributed by atoms with Crippen LogP contribution in [0.3, 0.4) is 0 Å². The second kappa shape index (κ2) is 7.36. The number of aryl methyl sites for hydroxylation is 2. The van der Waals surface area contributed by atoms with Crippen LogP contribution >= 0.6 is 0 Å². The van der Waals surface area contributed by atoms with E-state index in [9.17, 15) is 0 Å². The Kier molecular flexibility index (Phi) is 5.01. The van der Waals surface area contributed by atoms with Crippen molar-refractivity contribution in [1.29, 1.82) is 0 Å². The first-order chi connectivity index (χ1) is 10.8. The van der Waals surface area contributed by atoms with Crippen LogP contribution in [0, 0.1) is 6.92 Å². The van der Waals surface area contributed by atoms with Gasteiger partial charge in [0, 0.05) is 38.1 Å². The second-order valence-corrected chi connectivity index (χ2v) is 5.92. The van der Waals surface area contributed by atoms with Gasteiger partial charge in [-0.15, -0.1) is 0 Å². The standard InChI is InChI=1S/C18H24N4/c1-16-9-10-19-18(20-16)22-14-12-21(13-15-22)11-5-8-17-6-3-2-4-7-17/h2-4,6-7,9-10H,5,8,11-15H2,1H3. The van der Waals surface area contributed by atoms with Crippen molar-refractivity contribution >= 4 is 5.95 Å². The monoisotopic (exact) mass is 296 g/mol. The SMILES string of the molecule is Cc1ccnc(N2CCN(CCCc3ccccc3)CC2)n1. The lowest BCUT2D eigenvalue weighted by atomic mass is 10.1. The zero-order chi connectivity index (χ0) is 15.2. The molecule has 0 amide bonds. The van der Waals surface area contributed by atoms with Gasteiger partial charge < -0.3 is 4.90 Å². The molecule has 0 N–H and O–H groups in total. The smallest absolute Gasteiger partial charge is 0.225 e. The third kappa shape index (κ3) is 4.04. The van der Waals surface area contributed by atoms with Crippen molar-refractivity contribution in [3.8, 4) is 0 Å². The molecule has 0 aliphatic carbocycles. The summed E-state index contributed by atoms with van der Waals surface area (Å²) < 4.78 is 0. The Labute approximate surface area is 132 Å². The zero-order valence-electron chi connectivity index (χ0n) is 13.3. The molecule has 1 saturated heterocycles. The molecular weight excluding hydrogens is 272 g/mol. The van der Waals surface area contributed by atoms with Crippen molar-refractivity contribution in [2.24, 2.45) is 0 Å². The number of piperazine rings is 1. The molecule has 4 nitrogen and oxygen atoms in total. The second-order valence-electron chi connectivity index (χ2n) is 5.92. The Bertz CT molecular complexity index is 577. The summed E-state index contributed by atoms with van der Waals surface area (Å²) in [7, 11) is 0. The first-order valence-electron chi connectivity index (χ1n) is 8.12. The minimum Gasteiger partial charge on any atom is -0.338 e. The fourth-order valence-electron chi connectivity index (χ4n) is 2.91. The normalized spacial score (nSPS) is 16.0. The summed E-state index contributed by atoms with van der Waals surface area (Å²) in [6, 6.07) is 12.7. The average Bonchev–Trinajstić information content (AvgIpc) is 2.56. The maximum Gasteiger partial charge on any atom is 0.225 e. The van der Waals surface area contributed by atoms with E-state index in [1.807, 2.05) is 19.2 Å². The average molecular weight is 296 g/mol. The molecule has 1 aliphatic heterocycles. The van der Waals surface area contributed by atoms with Crippen molar-refractivity contribution in [1.82, 2.24) is 14.9 Å². The third-order valence-corrected chi connectivity index (χ3v) is 4.22. The molecule has 1 aromatic heterocycles. The van der Waals surface area contributed by atoms with E-state index in [1.165, 1.54) is 24.9 Å². The molecule has 0 unspecified atom stereocenters. The summed E-state index contributed by atoms with van der Waals surface area (Å²) in [5, 5.41) is 0. The van der Waals surface area contributed by atoms with E-state index in [0.717, 1.165) is 37.8 Å². The highest BCUT2D eigenvalue weighted by atomic mass is 15.3. The Morgan fingerprint density at radius 1 is 1.00 bits per heavy atom. The Hall–Kier alpha value is -1.94. The van der Waals surface area contributed by atoms with E-state index in [2.05, 4.69) is 50.1 Å². The van der Waals surface area contributed by atoms with Crippen LogP contribution in [-0.4, -0.2) is 47.6 Å². The van der Waals surface area contributed by atoms with E-state index >= 15 is 0 Å². The first kappa shape index (κ1) is 15.0. The minimum atomic E-state index is 0.879. The molecule has 22 heavy (non-hydrogen) atoms. The molecule has 1 fully saturated rings. The number of nitrogens with zero attached hydrogens (tertiary/aromatic N) is 4. The van der Waals surface area contributed by atoms with Gasteiger partial charge in [0.1, 0.15) is 0 Å². The Balaban J connectivity index is 1.42. The molecular formula is C18H24N4. The van der Waals surface area contributed by atoms with Crippen LogP contribution in [0.2, 0.25) is 0 Å². The summed E-state index contributed by atoms with van der Waals surface area (Å²) in [6.07, 6.45) is 4.25. The van der Waals surface area contributed by atoms with Crippen LogP contribution in [0.1, 0.15) is 17.7 Å². The Morgan fingerprint density at radius 3 is 2.50 bits per heavy atom. The van der Waals surface area contributed by atoms with Crippen LogP contribution in [0.5, 0.6) is 0 Å². The molecule has 1 aliphatic rings. The fraction of sp³-hybridized carbons (Fsp3) is 0.444. The molecule has 0 spiro atoms. The van der Waals surface area contributed by atoms with E-state index in [-0.39, 0.29) is 0 Å². The van der Waals surface area contributed by atoms with Crippen molar-refractivity contribution in [3.05, 3.63) is 53.9 Å². The number of aromatic nitrogens is 2. The molecule has 0 radical (unpaired) electrons. The minimum absolute atomic E-state index is 0.879. The van der Waals surface area contributed by atoms with Gasteiger partial charge in [-0.05, 0) is 37.9 Å². The van der Waals surface area contributed by atoms with Crippen molar-refractivity contribution < 1.29 is 0 Å². The van der Waals surface area contributed by atoms with Crippen molar-refractivity contribution in [2.45, 2.75) is 19.8 Å². The van der Waals surface area contributed by atoms with E-state index in [0.29, 0.717) is 0 Å².